The molecule has 2 aliphatic rings. The van der Waals surface area contributed by atoms with Gasteiger partial charge in [0, 0.05) is 12.0 Å². The van der Waals surface area contributed by atoms with E-state index in [1.54, 1.807) is 0 Å². The van der Waals surface area contributed by atoms with Crippen molar-refractivity contribution in [1.29, 1.82) is 0 Å². The Kier molecular flexibility index (Phi) is 2.56. The van der Waals surface area contributed by atoms with E-state index in [1.165, 1.54) is 25.7 Å². The maximum Gasteiger partial charge on any atom is 0.223 e. The molecular weight excluding hydrogens is 162 g/mol. The average molecular weight is 181 g/mol. The molecule has 2 atom stereocenters. The van der Waals surface area contributed by atoms with Crippen LogP contribution >= 0.6 is 0 Å². The molecule has 0 bridgehead atoms. The summed E-state index contributed by atoms with van der Waals surface area (Å²) in [6, 6.07) is 0.509. The first-order valence-corrected chi connectivity index (χ1v) is 5.58. The molecule has 74 valence electrons. The predicted molar refractivity (Wildman–Crippen MR) is 52.3 cm³/mol. The van der Waals surface area contributed by atoms with Crippen LogP contribution in [-0.2, 0) is 4.79 Å². The summed E-state index contributed by atoms with van der Waals surface area (Å²) in [5.41, 5.74) is 0. The second kappa shape index (κ2) is 3.69. The molecule has 1 amide bonds. The van der Waals surface area contributed by atoms with E-state index in [1.807, 2.05) is 0 Å². The van der Waals surface area contributed by atoms with Crippen molar-refractivity contribution in [3.05, 3.63) is 0 Å². The Bertz CT molecular complexity index is 196. The van der Waals surface area contributed by atoms with Crippen LogP contribution in [0.1, 0.15) is 45.4 Å². The number of carbonyl (C=O) groups is 1. The third-order valence-electron chi connectivity index (χ3n) is 3.41. The highest BCUT2D eigenvalue weighted by Gasteiger charge is 2.35. The SMILES string of the molecule is CC1CC1NC(=O)C1CCCCC1. The summed E-state index contributed by atoms with van der Waals surface area (Å²) in [5, 5.41) is 3.13. The predicted octanol–water partition coefficient (Wildman–Crippen LogP) is 2.09. The second-order valence-electron chi connectivity index (χ2n) is 4.66. The fraction of sp³-hybridized carbons (Fsp3) is 0.909. The molecule has 2 unspecified atom stereocenters. The van der Waals surface area contributed by atoms with Crippen molar-refractivity contribution in [3.8, 4) is 0 Å². The molecule has 2 aliphatic carbocycles. The third-order valence-corrected chi connectivity index (χ3v) is 3.41. The van der Waals surface area contributed by atoms with Crippen LogP contribution in [0, 0.1) is 11.8 Å². The average Bonchev–Trinajstić information content (AvgIpc) is 2.83. The molecule has 0 aromatic carbocycles. The van der Waals surface area contributed by atoms with Gasteiger partial charge < -0.3 is 5.32 Å². The first-order chi connectivity index (χ1) is 6.27. The molecule has 2 fully saturated rings. The summed E-state index contributed by atoms with van der Waals surface area (Å²) in [7, 11) is 0. The van der Waals surface area contributed by atoms with Crippen molar-refractivity contribution in [2.75, 3.05) is 0 Å². The van der Waals surface area contributed by atoms with Crippen molar-refractivity contribution in [3.63, 3.8) is 0 Å². The van der Waals surface area contributed by atoms with Gasteiger partial charge in [-0.05, 0) is 25.2 Å². The number of hydrogen-bond acceptors (Lipinski definition) is 1. The number of rotatable bonds is 2. The van der Waals surface area contributed by atoms with Gasteiger partial charge in [0.1, 0.15) is 0 Å². The Balaban J connectivity index is 1.75. The van der Waals surface area contributed by atoms with Crippen molar-refractivity contribution >= 4 is 5.91 Å². The molecule has 0 heterocycles. The van der Waals surface area contributed by atoms with Crippen molar-refractivity contribution in [1.82, 2.24) is 5.32 Å². The van der Waals surface area contributed by atoms with Gasteiger partial charge in [-0.15, -0.1) is 0 Å². The van der Waals surface area contributed by atoms with Crippen LogP contribution in [0.2, 0.25) is 0 Å². The van der Waals surface area contributed by atoms with Crippen molar-refractivity contribution in [2.24, 2.45) is 11.8 Å². The fourth-order valence-electron chi connectivity index (χ4n) is 2.19. The quantitative estimate of drug-likeness (QED) is 0.694. The molecule has 2 nitrogen and oxygen atoms in total. The molecule has 0 spiro atoms. The zero-order valence-electron chi connectivity index (χ0n) is 8.38. The van der Waals surface area contributed by atoms with Crippen LogP contribution in [0.5, 0.6) is 0 Å². The number of hydrogen-bond donors (Lipinski definition) is 1. The van der Waals surface area contributed by atoms with E-state index in [9.17, 15) is 4.79 Å². The van der Waals surface area contributed by atoms with Gasteiger partial charge in [0.15, 0.2) is 0 Å². The van der Waals surface area contributed by atoms with E-state index in [0.29, 0.717) is 17.9 Å². The normalized spacial score (nSPS) is 34.2. The molecule has 2 heteroatoms. The molecule has 0 radical (unpaired) electrons. The van der Waals surface area contributed by atoms with E-state index in [2.05, 4.69) is 12.2 Å². The summed E-state index contributed by atoms with van der Waals surface area (Å²) in [6.07, 6.45) is 7.25. The largest absolute Gasteiger partial charge is 0.353 e. The van der Waals surface area contributed by atoms with Crippen LogP contribution in [-0.4, -0.2) is 11.9 Å². The number of amides is 1. The maximum atomic E-state index is 11.7. The van der Waals surface area contributed by atoms with Crippen LogP contribution in [0.15, 0.2) is 0 Å². The third kappa shape index (κ3) is 2.23. The summed E-state index contributed by atoms with van der Waals surface area (Å²) < 4.78 is 0. The zero-order chi connectivity index (χ0) is 9.26. The molecule has 0 aromatic heterocycles. The van der Waals surface area contributed by atoms with Gasteiger partial charge in [-0.3, -0.25) is 4.79 Å². The van der Waals surface area contributed by atoms with Crippen molar-refractivity contribution < 1.29 is 4.79 Å². The fourth-order valence-corrected chi connectivity index (χ4v) is 2.19. The lowest BCUT2D eigenvalue weighted by Crippen LogP contribution is -2.34. The number of nitrogens with one attached hydrogen (secondary N) is 1. The van der Waals surface area contributed by atoms with Crippen LogP contribution in [0.25, 0.3) is 0 Å². The number of carbonyl (C=O) groups excluding carboxylic acids is 1. The minimum absolute atomic E-state index is 0.328. The maximum absolute atomic E-state index is 11.7. The van der Waals surface area contributed by atoms with E-state index in [0.717, 1.165) is 18.8 Å². The first kappa shape index (κ1) is 9.04. The standard InChI is InChI=1S/C11H19NO/c1-8-7-10(8)12-11(13)9-5-3-2-4-6-9/h8-10H,2-7H2,1H3,(H,12,13). The highest BCUT2D eigenvalue weighted by molar-refractivity contribution is 5.79. The summed E-state index contributed by atoms with van der Waals surface area (Å²) in [5.74, 6) is 1.39. The van der Waals surface area contributed by atoms with E-state index in [4.69, 9.17) is 0 Å². The van der Waals surface area contributed by atoms with Gasteiger partial charge >= 0.3 is 0 Å². The Morgan fingerprint density at radius 1 is 1.23 bits per heavy atom. The molecule has 2 saturated carbocycles. The Morgan fingerprint density at radius 2 is 1.85 bits per heavy atom. The van der Waals surface area contributed by atoms with Crippen LogP contribution in [0.3, 0.4) is 0 Å². The Labute approximate surface area is 80.1 Å². The van der Waals surface area contributed by atoms with Gasteiger partial charge in [-0.25, -0.2) is 0 Å². The topological polar surface area (TPSA) is 29.1 Å². The minimum atomic E-state index is 0.328. The van der Waals surface area contributed by atoms with Gasteiger partial charge in [0.05, 0.1) is 0 Å². The monoisotopic (exact) mass is 181 g/mol. The summed E-state index contributed by atoms with van der Waals surface area (Å²) >= 11 is 0. The lowest BCUT2D eigenvalue weighted by atomic mass is 9.88. The molecule has 0 aliphatic heterocycles. The summed E-state index contributed by atoms with van der Waals surface area (Å²) in [4.78, 5) is 11.7. The molecule has 13 heavy (non-hydrogen) atoms. The Hall–Kier alpha value is -0.530. The lowest BCUT2D eigenvalue weighted by molar-refractivity contribution is -0.126. The highest BCUT2D eigenvalue weighted by atomic mass is 16.2. The van der Waals surface area contributed by atoms with Crippen LogP contribution < -0.4 is 5.32 Å². The molecule has 2 rings (SSSR count). The van der Waals surface area contributed by atoms with Gasteiger partial charge in [0.25, 0.3) is 0 Å². The minimum Gasteiger partial charge on any atom is -0.353 e. The van der Waals surface area contributed by atoms with Crippen molar-refractivity contribution in [2.45, 2.75) is 51.5 Å². The molecule has 0 aromatic rings. The smallest absolute Gasteiger partial charge is 0.223 e. The van der Waals surface area contributed by atoms with Gasteiger partial charge in [0.2, 0.25) is 5.91 Å². The van der Waals surface area contributed by atoms with Gasteiger partial charge in [-0.2, -0.15) is 0 Å². The Morgan fingerprint density at radius 3 is 2.38 bits per heavy atom. The summed E-state index contributed by atoms with van der Waals surface area (Å²) in [6.45, 7) is 2.20. The first-order valence-electron chi connectivity index (χ1n) is 5.58. The second-order valence-corrected chi connectivity index (χ2v) is 4.66. The molecule has 0 saturated heterocycles. The molecular formula is C11H19NO. The van der Waals surface area contributed by atoms with Gasteiger partial charge in [-0.1, -0.05) is 26.2 Å². The zero-order valence-corrected chi connectivity index (χ0v) is 8.38. The van der Waals surface area contributed by atoms with E-state index < -0.39 is 0 Å². The van der Waals surface area contributed by atoms with Crippen LogP contribution in [0.4, 0.5) is 0 Å². The molecule has 1 N–H and O–H groups in total. The van der Waals surface area contributed by atoms with E-state index >= 15 is 0 Å². The highest BCUT2D eigenvalue weighted by Crippen LogP contribution is 2.30. The lowest BCUT2D eigenvalue weighted by Gasteiger charge is -2.20. The van der Waals surface area contributed by atoms with E-state index in [-0.39, 0.29) is 0 Å².